The van der Waals surface area contributed by atoms with Gasteiger partial charge >= 0.3 is 0 Å². The maximum atomic E-state index is 13.8. The van der Waals surface area contributed by atoms with Gasteiger partial charge in [-0.15, -0.1) is 0 Å². The van der Waals surface area contributed by atoms with E-state index in [1.165, 1.54) is 22.7 Å². The Kier molecular flexibility index (Phi) is 3.50. The summed E-state index contributed by atoms with van der Waals surface area (Å²) in [5.41, 5.74) is 4.13. The van der Waals surface area contributed by atoms with Gasteiger partial charge in [-0.05, 0) is 30.4 Å². The highest BCUT2D eigenvalue weighted by Crippen LogP contribution is 2.28. The zero-order valence-electron chi connectivity index (χ0n) is 12.5. The van der Waals surface area contributed by atoms with E-state index >= 15 is 0 Å². The molecular formula is C18H16FN3S. The summed E-state index contributed by atoms with van der Waals surface area (Å²) in [6.45, 7) is 1.56. The largest absolute Gasteiger partial charge is 0.358 e. The summed E-state index contributed by atoms with van der Waals surface area (Å²) >= 11 is 5.48. The van der Waals surface area contributed by atoms with Crippen LogP contribution in [0.2, 0.25) is 0 Å². The molecule has 0 saturated carbocycles. The zero-order valence-corrected chi connectivity index (χ0v) is 13.3. The molecule has 0 bridgehead atoms. The molecule has 23 heavy (non-hydrogen) atoms. The number of benzene rings is 2. The third-order valence-electron chi connectivity index (χ3n) is 4.29. The fourth-order valence-corrected chi connectivity index (χ4v) is 3.36. The number of rotatable bonds is 1. The summed E-state index contributed by atoms with van der Waals surface area (Å²) in [5, 5.41) is 4.82. The SMILES string of the molecule is Fc1ccccc1NC(=S)N1CCc2[nH]c3ccccc3c2C1. The second-order valence-corrected chi connectivity index (χ2v) is 6.10. The minimum atomic E-state index is -0.292. The first-order valence-corrected chi connectivity index (χ1v) is 8.02. The van der Waals surface area contributed by atoms with Crippen molar-refractivity contribution in [2.45, 2.75) is 13.0 Å². The Morgan fingerprint density at radius 1 is 1.13 bits per heavy atom. The first-order chi connectivity index (χ1) is 11.2. The van der Waals surface area contributed by atoms with E-state index in [2.05, 4.69) is 27.3 Å². The molecule has 0 unspecified atom stereocenters. The molecule has 0 saturated heterocycles. The Balaban J connectivity index is 1.58. The predicted octanol–water partition coefficient (Wildman–Crippen LogP) is 4.06. The van der Waals surface area contributed by atoms with Crippen LogP contribution >= 0.6 is 12.2 Å². The zero-order chi connectivity index (χ0) is 15.8. The Morgan fingerprint density at radius 2 is 1.91 bits per heavy atom. The molecule has 3 nitrogen and oxygen atoms in total. The number of thiocarbonyl (C=S) groups is 1. The molecule has 0 atom stereocenters. The van der Waals surface area contributed by atoms with Crippen LogP contribution in [-0.2, 0) is 13.0 Å². The van der Waals surface area contributed by atoms with Crippen LogP contribution in [0.1, 0.15) is 11.3 Å². The van der Waals surface area contributed by atoms with Crippen molar-refractivity contribution in [3.8, 4) is 0 Å². The van der Waals surface area contributed by atoms with E-state index in [0.29, 0.717) is 10.8 Å². The Bertz CT molecular complexity index is 887. The lowest BCUT2D eigenvalue weighted by Crippen LogP contribution is -2.38. The van der Waals surface area contributed by atoms with Crippen molar-refractivity contribution >= 4 is 33.9 Å². The lowest BCUT2D eigenvalue weighted by atomic mass is 10.1. The molecule has 1 aliphatic heterocycles. The Labute approximate surface area is 139 Å². The molecule has 2 aromatic carbocycles. The molecule has 0 amide bonds. The molecule has 0 radical (unpaired) electrons. The van der Waals surface area contributed by atoms with Gasteiger partial charge in [0.25, 0.3) is 0 Å². The average molecular weight is 325 g/mol. The lowest BCUT2D eigenvalue weighted by Gasteiger charge is -2.30. The minimum absolute atomic E-state index is 0.292. The van der Waals surface area contributed by atoms with Crippen molar-refractivity contribution in [1.82, 2.24) is 9.88 Å². The second kappa shape index (κ2) is 5.66. The molecule has 4 rings (SSSR count). The Morgan fingerprint density at radius 3 is 2.78 bits per heavy atom. The monoisotopic (exact) mass is 325 g/mol. The van der Waals surface area contributed by atoms with Gasteiger partial charge in [-0.1, -0.05) is 30.3 Å². The highest BCUT2D eigenvalue weighted by atomic mass is 32.1. The number of nitrogens with one attached hydrogen (secondary N) is 2. The van der Waals surface area contributed by atoms with Crippen LogP contribution in [0.3, 0.4) is 0 Å². The molecule has 2 heterocycles. The van der Waals surface area contributed by atoms with Gasteiger partial charge in [-0.2, -0.15) is 0 Å². The van der Waals surface area contributed by atoms with Crippen LogP contribution < -0.4 is 5.32 Å². The molecule has 0 spiro atoms. The van der Waals surface area contributed by atoms with Gasteiger partial charge in [-0.25, -0.2) is 4.39 Å². The van der Waals surface area contributed by atoms with Gasteiger partial charge in [0.1, 0.15) is 5.82 Å². The summed E-state index contributed by atoms with van der Waals surface area (Å²) in [7, 11) is 0. The number of para-hydroxylation sites is 2. The fourth-order valence-electron chi connectivity index (χ4n) is 3.10. The highest BCUT2D eigenvalue weighted by molar-refractivity contribution is 7.80. The smallest absolute Gasteiger partial charge is 0.173 e. The van der Waals surface area contributed by atoms with E-state index in [1.54, 1.807) is 18.2 Å². The first-order valence-electron chi connectivity index (χ1n) is 7.61. The number of hydrogen-bond acceptors (Lipinski definition) is 1. The first kappa shape index (κ1) is 14.2. The van der Waals surface area contributed by atoms with Crippen molar-refractivity contribution in [2.24, 2.45) is 0 Å². The normalized spacial score (nSPS) is 13.9. The number of fused-ring (bicyclic) bond motifs is 3. The van der Waals surface area contributed by atoms with Gasteiger partial charge in [0.2, 0.25) is 0 Å². The van der Waals surface area contributed by atoms with Crippen molar-refractivity contribution in [3.05, 3.63) is 65.6 Å². The highest BCUT2D eigenvalue weighted by Gasteiger charge is 2.22. The van der Waals surface area contributed by atoms with Gasteiger partial charge in [0, 0.05) is 41.7 Å². The van der Waals surface area contributed by atoms with Crippen LogP contribution in [-0.4, -0.2) is 21.5 Å². The quantitative estimate of drug-likeness (QED) is 0.662. The molecule has 1 aliphatic rings. The van der Waals surface area contributed by atoms with Crippen molar-refractivity contribution in [2.75, 3.05) is 11.9 Å². The van der Waals surface area contributed by atoms with E-state index < -0.39 is 0 Å². The van der Waals surface area contributed by atoms with E-state index in [1.807, 2.05) is 12.1 Å². The van der Waals surface area contributed by atoms with Crippen LogP contribution in [0.15, 0.2) is 48.5 Å². The van der Waals surface area contributed by atoms with Gasteiger partial charge < -0.3 is 15.2 Å². The molecule has 0 fully saturated rings. The fraction of sp³-hybridized carbons (Fsp3) is 0.167. The van der Waals surface area contributed by atoms with Gasteiger partial charge in [0.05, 0.1) is 5.69 Å². The number of hydrogen-bond donors (Lipinski definition) is 2. The maximum Gasteiger partial charge on any atom is 0.173 e. The van der Waals surface area contributed by atoms with E-state index in [0.717, 1.165) is 25.0 Å². The third kappa shape index (κ3) is 2.57. The van der Waals surface area contributed by atoms with Gasteiger partial charge in [-0.3, -0.25) is 0 Å². The second-order valence-electron chi connectivity index (χ2n) is 5.71. The summed E-state index contributed by atoms with van der Waals surface area (Å²) in [4.78, 5) is 5.57. The van der Waals surface area contributed by atoms with Crippen molar-refractivity contribution in [3.63, 3.8) is 0 Å². The van der Waals surface area contributed by atoms with Crippen molar-refractivity contribution in [1.29, 1.82) is 0 Å². The average Bonchev–Trinajstić information content (AvgIpc) is 2.94. The number of anilines is 1. The number of aromatic amines is 1. The summed E-state index contributed by atoms with van der Waals surface area (Å²) in [5.74, 6) is -0.292. The molecule has 3 aromatic rings. The molecule has 0 aliphatic carbocycles. The maximum absolute atomic E-state index is 13.8. The standard InChI is InChI=1S/C18H16FN3S/c19-14-6-2-4-8-17(14)21-18(23)22-10-9-16-13(11-22)12-5-1-3-7-15(12)20-16/h1-8,20H,9-11H2,(H,21,23). The van der Waals surface area contributed by atoms with E-state index in [4.69, 9.17) is 12.2 Å². The molecule has 116 valence electrons. The van der Waals surface area contributed by atoms with E-state index in [9.17, 15) is 4.39 Å². The summed E-state index contributed by atoms with van der Waals surface area (Å²) < 4.78 is 13.8. The number of halogens is 1. The number of H-pyrrole nitrogens is 1. The number of aromatic nitrogens is 1. The number of nitrogens with zero attached hydrogens (tertiary/aromatic N) is 1. The topological polar surface area (TPSA) is 31.1 Å². The molecule has 1 aromatic heterocycles. The van der Waals surface area contributed by atoms with E-state index in [-0.39, 0.29) is 5.82 Å². The van der Waals surface area contributed by atoms with Crippen LogP contribution in [0, 0.1) is 5.82 Å². The van der Waals surface area contributed by atoms with Crippen LogP contribution in [0.25, 0.3) is 10.9 Å². The Hall–Kier alpha value is -2.40. The van der Waals surface area contributed by atoms with Crippen LogP contribution in [0.4, 0.5) is 10.1 Å². The minimum Gasteiger partial charge on any atom is -0.358 e. The summed E-state index contributed by atoms with van der Waals surface area (Å²) in [6.07, 6.45) is 0.906. The third-order valence-corrected chi connectivity index (χ3v) is 4.65. The summed E-state index contributed by atoms with van der Waals surface area (Å²) in [6, 6.07) is 14.9. The van der Waals surface area contributed by atoms with Crippen LogP contribution in [0.5, 0.6) is 0 Å². The molecule has 5 heteroatoms. The molecule has 2 N–H and O–H groups in total. The van der Waals surface area contributed by atoms with Crippen molar-refractivity contribution < 1.29 is 4.39 Å². The molecular weight excluding hydrogens is 309 g/mol. The lowest BCUT2D eigenvalue weighted by molar-refractivity contribution is 0.399. The predicted molar refractivity (Wildman–Crippen MR) is 95.0 cm³/mol. The van der Waals surface area contributed by atoms with Gasteiger partial charge in [0.15, 0.2) is 5.11 Å².